The molecule has 0 spiro atoms. The highest BCUT2D eigenvalue weighted by molar-refractivity contribution is 5.89. The summed E-state index contributed by atoms with van der Waals surface area (Å²) < 4.78 is 7.09. The van der Waals surface area contributed by atoms with E-state index in [9.17, 15) is 4.79 Å². The second kappa shape index (κ2) is 10.3. The van der Waals surface area contributed by atoms with Crippen molar-refractivity contribution < 1.29 is 31.0 Å². The number of esters is 1. The van der Waals surface area contributed by atoms with Crippen molar-refractivity contribution in [1.82, 2.24) is 0 Å². The molecule has 178 valence electrons. The van der Waals surface area contributed by atoms with Crippen LogP contribution in [-0.4, -0.2) is 35.7 Å². The van der Waals surface area contributed by atoms with E-state index in [0.717, 1.165) is 35.4 Å². The molecule has 2 aromatic carbocycles. The largest absolute Gasteiger partial charge is 1.00 e. The first-order valence-corrected chi connectivity index (χ1v) is 12.7. The number of fused-ring (bicyclic) bond motifs is 2. The summed E-state index contributed by atoms with van der Waals surface area (Å²) in [5, 5.41) is 0. The molecule has 4 heteroatoms. The molecule has 2 aromatic rings. The molecular formula is C29H38BrNO2. The smallest absolute Gasteiger partial charge is 0.338 e. The third-order valence-electron chi connectivity index (χ3n) is 8.71. The highest BCUT2D eigenvalue weighted by Gasteiger charge is 2.52. The number of ether oxygens (including phenoxy) is 1. The first kappa shape index (κ1) is 24.5. The lowest BCUT2D eigenvalue weighted by Crippen LogP contribution is -3.00. The Kier molecular flexibility index (Phi) is 7.65. The highest BCUT2D eigenvalue weighted by atomic mass is 79.9. The molecule has 2 heterocycles. The Hall–Kier alpha value is -1.65. The van der Waals surface area contributed by atoms with Gasteiger partial charge in [0.05, 0.1) is 24.7 Å². The van der Waals surface area contributed by atoms with Gasteiger partial charge in [0.2, 0.25) is 0 Å². The molecule has 0 aromatic heterocycles. The lowest BCUT2D eigenvalue weighted by atomic mass is 9.84. The first-order valence-electron chi connectivity index (χ1n) is 12.7. The molecule has 2 saturated heterocycles. The number of benzene rings is 2. The van der Waals surface area contributed by atoms with E-state index in [4.69, 9.17) is 4.74 Å². The van der Waals surface area contributed by atoms with Crippen molar-refractivity contribution in [3.05, 3.63) is 70.8 Å². The molecule has 3 nitrogen and oxygen atoms in total. The van der Waals surface area contributed by atoms with E-state index in [1.807, 2.05) is 31.2 Å². The number of aryl methyl sites for hydroxylation is 1. The monoisotopic (exact) mass is 511 g/mol. The van der Waals surface area contributed by atoms with Crippen LogP contribution in [-0.2, 0) is 11.3 Å². The van der Waals surface area contributed by atoms with Crippen molar-refractivity contribution in [3.63, 3.8) is 0 Å². The van der Waals surface area contributed by atoms with Crippen LogP contribution >= 0.6 is 0 Å². The number of rotatable bonds is 5. The van der Waals surface area contributed by atoms with Gasteiger partial charge in [-0.3, -0.25) is 0 Å². The number of nitrogens with zero attached hydrogens (tertiary/aromatic N) is 1. The van der Waals surface area contributed by atoms with Gasteiger partial charge in [-0.05, 0) is 43.4 Å². The number of hydrogen-bond donors (Lipinski definition) is 0. The summed E-state index contributed by atoms with van der Waals surface area (Å²) in [4.78, 5) is 12.6. The minimum absolute atomic E-state index is 0. The fraction of sp³-hybridized carbons (Fsp3) is 0.552. The number of carbonyl (C=O) groups excluding carboxylic acids is 1. The Balaban J connectivity index is 0.00000259. The summed E-state index contributed by atoms with van der Waals surface area (Å²) in [7, 11) is 2.44. The molecule has 2 aliphatic heterocycles. The van der Waals surface area contributed by atoms with Crippen LogP contribution in [0.4, 0.5) is 0 Å². The van der Waals surface area contributed by atoms with Gasteiger partial charge in [0, 0.05) is 31.2 Å². The van der Waals surface area contributed by atoms with Gasteiger partial charge >= 0.3 is 5.97 Å². The molecule has 1 aliphatic carbocycles. The molecule has 5 rings (SSSR count). The standard InChI is InChI=1S/C29H38NO2.BrH/c1-21-8-12-25(13-9-21)29(31)32-28-18-26-16-17-27(19-28)30(26,2)20-22-10-14-24(15-11-22)23-6-4-3-5-7-23;/h8-15,23,26-28H,3-7,16-20H2,1-2H3;1H/q+1;/p-1. The Labute approximate surface area is 209 Å². The lowest BCUT2D eigenvalue weighted by Gasteiger charge is -2.47. The van der Waals surface area contributed by atoms with Crippen LogP contribution in [0.5, 0.6) is 0 Å². The third-order valence-corrected chi connectivity index (χ3v) is 8.71. The van der Waals surface area contributed by atoms with Crippen molar-refractivity contribution in [3.8, 4) is 0 Å². The van der Waals surface area contributed by atoms with E-state index in [1.54, 1.807) is 5.56 Å². The van der Waals surface area contributed by atoms with Crippen LogP contribution in [0, 0.1) is 6.92 Å². The van der Waals surface area contributed by atoms with Gasteiger partial charge in [0.25, 0.3) is 0 Å². The maximum Gasteiger partial charge on any atom is 0.338 e. The van der Waals surface area contributed by atoms with Crippen LogP contribution < -0.4 is 17.0 Å². The van der Waals surface area contributed by atoms with Crippen LogP contribution in [0.2, 0.25) is 0 Å². The fourth-order valence-electron chi connectivity index (χ4n) is 6.68. The van der Waals surface area contributed by atoms with E-state index in [1.165, 1.54) is 50.5 Å². The number of carbonyl (C=O) groups is 1. The Bertz CT molecular complexity index is 919. The molecule has 3 fully saturated rings. The summed E-state index contributed by atoms with van der Waals surface area (Å²) >= 11 is 0. The van der Waals surface area contributed by atoms with Gasteiger partial charge in [0.15, 0.2) is 0 Å². The Morgan fingerprint density at radius 2 is 1.48 bits per heavy atom. The third kappa shape index (κ3) is 5.22. The molecule has 3 aliphatic rings. The molecule has 2 unspecified atom stereocenters. The summed E-state index contributed by atoms with van der Waals surface area (Å²) in [6, 6.07) is 18.5. The molecule has 2 bridgehead atoms. The summed E-state index contributed by atoms with van der Waals surface area (Å²) in [6.07, 6.45) is 11.5. The molecule has 2 atom stereocenters. The van der Waals surface area contributed by atoms with Crippen LogP contribution in [0.1, 0.15) is 90.8 Å². The van der Waals surface area contributed by atoms with E-state index < -0.39 is 0 Å². The maximum absolute atomic E-state index is 12.6. The number of quaternary nitrogens is 1. The fourth-order valence-corrected chi connectivity index (χ4v) is 6.68. The van der Waals surface area contributed by atoms with Crippen LogP contribution in [0.25, 0.3) is 0 Å². The molecular weight excluding hydrogens is 474 g/mol. The van der Waals surface area contributed by atoms with Gasteiger partial charge in [-0.25, -0.2) is 4.79 Å². The quantitative estimate of drug-likeness (QED) is 0.453. The Morgan fingerprint density at radius 1 is 0.879 bits per heavy atom. The average Bonchev–Trinajstić information content (AvgIpc) is 2.97. The number of piperidine rings is 1. The zero-order chi connectivity index (χ0) is 22.1. The zero-order valence-corrected chi connectivity index (χ0v) is 21.7. The predicted octanol–water partition coefficient (Wildman–Crippen LogP) is 3.54. The summed E-state index contributed by atoms with van der Waals surface area (Å²) in [5.41, 5.74) is 4.83. The zero-order valence-electron chi connectivity index (χ0n) is 20.1. The average molecular weight is 513 g/mol. The minimum Gasteiger partial charge on any atom is -1.00 e. The molecule has 0 radical (unpaired) electrons. The van der Waals surface area contributed by atoms with Gasteiger partial charge < -0.3 is 26.2 Å². The van der Waals surface area contributed by atoms with Crippen molar-refractivity contribution in [2.24, 2.45) is 0 Å². The second-order valence-corrected chi connectivity index (χ2v) is 10.8. The second-order valence-electron chi connectivity index (χ2n) is 10.8. The molecule has 1 saturated carbocycles. The number of halogens is 1. The number of hydrogen-bond acceptors (Lipinski definition) is 2. The summed E-state index contributed by atoms with van der Waals surface area (Å²) in [5.74, 6) is 0.613. The predicted molar refractivity (Wildman–Crippen MR) is 129 cm³/mol. The van der Waals surface area contributed by atoms with E-state index in [-0.39, 0.29) is 29.1 Å². The molecule has 0 amide bonds. The van der Waals surface area contributed by atoms with E-state index in [2.05, 4.69) is 31.3 Å². The van der Waals surface area contributed by atoms with Gasteiger partial charge in [-0.15, -0.1) is 0 Å². The maximum atomic E-state index is 12.6. The highest BCUT2D eigenvalue weighted by Crippen LogP contribution is 2.44. The topological polar surface area (TPSA) is 26.3 Å². The van der Waals surface area contributed by atoms with Crippen molar-refractivity contribution in [2.45, 2.75) is 95.4 Å². The van der Waals surface area contributed by atoms with E-state index >= 15 is 0 Å². The van der Waals surface area contributed by atoms with Crippen molar-refractivity contribution in [2.75, 3.05) is 7.05 Å². The summed E-state index contributed by atoms with van der Waals surface area (Å²) in [6.45, 7) is 3.13. The molecule has 33 heavy (non-hydrogen) atoms. The Morgan fingerprint density at radius 3 is 2.09 bits per heavy atom. The van der Waals surface area contributed by atoms with Gasteiger partial charge in [-0.1, -0.05) is 61.2 Å². The normalized spacial score (nSPS) is 29.3. The van der Waals surface area contributed by atoms with Crippen LogP contribution in [0.3, 0.4) is 0 Å². The van der Waals surface area contributed by atoms with Gasteiger partial charge in [0.1, 0.15) is 12.6 Å². The minimum atomic E-state index is -0.163. The van der Waals surface area contributed by atoms with E-state index in [0.29, 0.717) is 17.6 Å². The van der Waals surface area contributed by atoms with Crippen LogP contribution in [0.15, 0.2) is 48.5 Å². The first-order chi connectivity index (χ1) is 15.5. The van der Waals surface area contributed by atoms with Crippen molar-refractivity contribution >= 4 is 5.97 Å². The van der Waals surface area contributed by atoms with Crippen molar-refractivity contribution in [1.29, 1.82) is 0 Å². The molecule has 0 N–H and O–H groups in total. The van der Waals surface area contributed by atoms with Gasteiger partial charge in [-0.2, -0.15) is 0 Å². The SMILES string of the molecule is Cc1ccc(C(=O)OC2CC3CCC(C2)[N+]3(C)Cc2ccc(C3CCCCC3)cc2)cc1.[Br-]. The lowest BCUT2D eigenvalue weighted by molar-refractivity contribution is -0.961.